The van der Waals surface area contributed by atoms with Gasteiger partial charge in [0.15, 0.2) is 5.78 Å². The number of hydrogen-bond acceptors (Lipinski definition) is 2. The van der Waals surface area contributed by atoms with Crippen LogP contribution >= 0.6 is 0 Å². The number of ketones is 1. The average Bonchev–Trinajstić information content (AvgIpc) is 2.76. The molecule has 102 valence electrons. The van der Waals surface area contributed by atoms with Crippen molar-refractivity contribution in [2.75, 3.05) is 0 Å². The van der Waals surface area contributed by atoms with Crippen molar-refractivity contribution < 1.29 is 4.79 Å². The minimum absolute atomic E-state index is 0. The van der Waals surface area contributed by atoms with Crippen LogP contribution in [0.5, 0.6) is 0 Å². The number of allylic oxidation sites excluding steroid dienone is 1. The molecule has 0 atom stereocenters. The number of aryl methyl sites for hydroxylation is 1. The summed E-state index contributed by atoms with van der Waals surface area (Å²) in [7, 11) is 0. The standard InChI is InChI=1S/C16H19NO.CH4/c1-4-5-16(18)12(3)9-14-10-15-13(6-7-17-15)8-11(14)2;/h7-10H,4-6H2,1-3H3;1H4/b12-9+;. The largest absolute Gasteiger partial charge is 0.295 e. The van der Waals surface area contributed by atoms with Crippen LogP contribution in [0.4, 0.5) is 5.69 Å². The van der Waals surface area contributed by atoms with E-state index in [4.69, 9.17) is 0 Å². The van der Waals surface area contributed by atoms with Crippen LogP contribution in [-0.2, 0) is 11.2 Å². The third kappa shape index (κ3) is 3.40. The summed E-state index contributed by atoms with van der Waals surface area (Å²) in [6.07, 6.45) is 6.38. The Hall–Kier alpha value is -1.70. The summed E-state index contributed by atoms with van der Waals surface area (Å²) in [5.41, 5.74) is 5.48. The van der Waals surface area contributed by atoms with E-state index in [0.717, 1.165) is 29.7 Å². The summed E-state index contributed by atoms with van der Waals surface area (Å²) < 4.78 is 0. The lowest BCUT2D eigenvalue weighted by molar-refractivity contribution is -0.115. The first-order valence-corrected chi connectivity index (χ1v) is 6.49. The highest BCUT2D eigenvalue weighted by atomic mass is 16.1. The second-order valence-electron chi connectivity index (χ2n) is 4.85. The van der Waals surface area contributed by atoms with Crippen LogP contribution in [0.2, 0.25) is 0 Å². The molecule has 0 amide bonds. The molecule has 1 aromatic carbocycles. The fourth-order valence-corrected chi connectivity index (χ4v) is 2.19. The number of fused-ring (bicyclic) bond motifs is 1. The molecular formula is C17H23NO. The summed E-state index contributed by atoms with van der Waals surface area (Å²) in [5.74, 6) is 0.237. The summed E-state index contributed by atoms with van der Waals surface area (Å²) >= 11 is 0. The van der Waals surface area contributed by atoms with Gasteiger partial charge in [-0.05, 0) is 54.7 Å². The molecule has 2 rings (SSSR count). The van der Waals surface area contributed by atoms with Crippen LogP contribution < -0.4 is 0 Å². The predicted octanol–water partition coefficient (Wildman–Crippen LogP) is 4.66. The van der Waals surface area contributed by atoms with Gasteiger partial charge in [-0.15, -0.1) is 0 Å². The zero-order valence-corrected chi connectivity index (χ0v) is 11.3. The van der Waals surface area contributed by atoms with Crippen molar-refractivity contribution in [3.8, 4) is 0 Å². The number of nitrogens with zero attached hydrogens (tertiary/aromatic N) is 1. The number of benzene rings is 1. The molecule has 0 fully saturated rings. The molecule has 0 N–H and O–H groups in total. The number of carbonyl (C=O) groups excluding carboxylic acids is 1. The Morgan fingerprint density at radius 3 is 2.84 bits per heavy atom. The molecule has 0 aliphatic carbocycles. The number of Topliss-reactive ketones (excluding diaryl/α,β-unsaturated/α-hetero) is 1. The summed E-state index contributed by atoms with van der Waals surface area (Å²) in [6.45, 7) is 6.01. The van der Waals surface area contributed by atoms with Crippen molar-refractivity contribution in [2.45, 2.75) is 47.5 Å². The topological polar surface area (TPSA) is 29.4 Å². The Labute approximate surface area is 116 Å². The van der Waals surface area contributed by atoms with Gasteiger partial charge < -0.3 is 0 Å². The molecule has 19 heavy (non-hydrogen) atoms. The minimum atomic E-state index is 0. The van der Waals surface area contributed by atoms with Crippen LogP contribution in [0.25, 0.3) is 6.08 Å². The fourth-order valence-electron chi connectivity index (χ4n) is 2.19. The third-order valence-corrected chi connectivity index (χ3v) is 3.30. The van der Waals surface area contributed by atoms with Crippen LogP contribution in [0.15, 0.2) is 22.7 Å². The van der Waals surface area contributed by atoms with Gasteiger partial charge in [0.1, 0.15) is 0 Å². The summed E-state index contributed by atoms with van der Waals surface area (Å²) in [5, 5.41) is 0. The molecule has 1 aliphatic heterocycles. The van der Waals surface area contributed by atoms with E-state index in [-0.39, 0.29) is 13.2 Å². The Kier molecular flexibility index (Phi) is 5.22. The molecular weight excluding hydrogens is 234 g/mol. The highest BCUT2D eigenvalue weighted by Crippen LogP contribution is 2.28. The smallest absolute Gasteiger partial charge is 0.158 e. The van der Waals surface area contributed by atoms with Gasteiger partial charge in [-0.2, -0.15) is 0 Å². The number of aliphatic imine (C=N–C) groups is 1. The molecule has 0 radical (unpaired) electrons. The van der Waals surface area contributed by atoms with E-state index >= 15 is 0 Å². The zero-order valence-electron chi connectivity index (χ0n) is 11.3. The van der Waals surface area contributed by atoms with Crippen molar-refractivity contribution in [3.63, 3.8) is 0 Å². The Morgan fingerprint density at radius 2 is 2.16 bits per heavy atom. The normalized spacial score (nSPS) is 13.1. The molecule has 1 heterocycles. The molecule has 0 unspecified atom stereocenters. The highest BCUT2D eigenvalue weighted by Gasteiger charge is 2.10. The van der Waals surface area contributed by atoms with Crippen molar-refractivity contribution in [3.05, 3.63) is 34.4 Å². The maximum absolute atomic E-state index is 11.8. The lowest BCUT2D eigenvalue weighted by Crippen LogP contribution is -1.98. The van der Waals surface area contributed by atoms with Gasteiger partial charge >= 0.3 is 0 Å². The Bertz CT molecular complexity index is 538. The van der Waals surface area contributed by atoms with Crippen molar-refractivity contribution in [2.24, 2.45) is 4.99 Å². The Morgan fingerprint density at radius 1 is 1.42 bits per heavy atom. The fraction of sp³-hybridized carbons (Fsp3) is 0.412. The first kappa shape index (κ1) is 15.4. The van der Waals surface area contributed by atoms with Crippen LogP contribution in [0.1, 0.15) is 50.8 Å². The highest BCUT2D eigenvalue weighted by molar-refractivity contribution is 5.99. The SMILES string of the molecule is C.CCCC(=O)/C(C)=C/c1cc2c(cc1C)CC=N2. The van der Waals surface area contributed by atoms with Crippen LogP contribution in [-0.4, -0.2) is 12.0 Å². The number of hydrogen-bond donors (Lipinski definition) is 0. The molecule has 1 aromatic rings. The van der Waals surface area contributed by atoms with E-state index in [0.29, 0.717) is 6.42 Å². The molecule has 0 aromatic heterocycles. The van der Waals surface area contributed by atoms with Gasteiger partial charge in [-0.1, -0.05) is 20.4 Å². The van der Waals surface area contributed by atoms with Gasteiger partial charge in [0.2, 0.25) is 0 Å². The van der Waals surface area contributed by atoms with E-state index in [1.807, 2.05) is 26.1 Å². The lowest BCUT2D eigenvalue weighted by Gasteiger charge is -2.06. The zero-order chi connectivity index (χ0) is 13.1. The number of rotatable bonds is 4. The van der Waals surface area contributed by atoms with Gasteiger partial charge in [0.25, 0.3) is 0 Å². The van der Waals surface area contributed by atoms with E-state index in [9.17, 15) is 4.79 Å². The second-order valence-corrected chi connectivity index (χ2v) is 4.85. The van der Waals surface area contributed by atoms with E-state index in [1.165, 1.54) is 11.1 Å². The summed E-state index contributed by atoms with van der Waals surface area (Å²) in [4.78, 5) is 16.1. The first-order valence-electron chi connectivity index (χ1n) is 6.49. The second kappa shape index (κ2) is 6.46. The van der Waals surface area contributed by atoms with Gasteiger partial charge in [0, 0.05) is 19.1 Å². The average molecular weight is 257 g/mol. The maximum Gasteiger partial charge on any atom is 0.158 e. The van der Waals surface area contributed by atoms with Crippen molar-refractivity contribution >= 4 is 23.8 Å². The maximum atomic E-state index is 11.8. The molecule has 0 spiro atoms. The van der Waals surface area contributed by atoms with E-state index in [1.54, 1.807) is 0 Å². The third-order valence-electron chi connectivity index (χ3n) is 3.30. The first-order chi connectivity index (χ1) is 8.61. The number of carbonyl (C=O) groups is 1. The van der Waals surface area contributed by atoms with Gasteiger partial charge in [0.05, 0.1) is 5.69 Å². The Balaban J connectivity index is 0.00000180. The lowest BCUT2D eigenvalue weighted by atomic mass is 9.99. The quantitative estimate of drug-likeness (QED) is 0.721. The van der Waals surface area contributed by atoms with Gasteiger partial charge in [-0.3, -0.25) is 9.79 Å². The van der Waals surface area contributed by atoms with E-state index < -0.39 is 0 Å². The van der Waals surface area contributed by atoms with Crippen molar-refractivity contribution in [1.82, 2.24) is 0 Å². The predicted molar refractivity (Wildman–Crippen MR) is 83.3 cm³/mol. The van der Waals surface area contributed by atoms with Gasteiger partial charge in [-0.25, -0.2) is 0 Å². The molecule has 2 nitrogen and oxygen atoms in total. The van der Waals surface area contributed by atoms with Crippen molar-refractivity contribution in [1.29, 1.82) is 0 Å². The molecule has 2 heteroatoms. The summed E-state index contributed by atoms with van der Waals surface area (Å²) in [6, 6.07) is 4.25. The molecule has 0 saturated heterocycles. The molecule has 0 bridgehead atoms. The molecule has 1 aliphatic rings. The van der Waals surface area contributed by atoms with Crippen LogP contribution in [0.3, 0.4) is 0 Å². The van der Waals surface area contributed by atoms with Crippen LogP contribution in [0, 0.1) is 6.92 Å². The minimum Gasteiger partial charge on any atom is -0.295 e. The monoisotopic (exact) mass is 257 g/mol. The molecule has 0 saturated carbocycles. The van der Waals surface area contributed by atoms with E-state index in [2.05, 4.69) is 24.0 Å².